The van der Waals surface area contributed by atoms with Crippen LogP contribution in [0.25, 0.3) is 0 Å². The van der Waals surface area contributed by atoms with Crippen molar-refractivity contribution in [3.8, 4) is 0 Å². The van der Waals surface area contributed by atoms with E-state index in [1.54, 1.807) is 0 Å². The molecule has 4 heteroatoms. The molecule has 0 amide bonds. The predicted molar refractivity (Wildman–Crippen MR) is 95.5 cm³/mol. The quantitative estimate of drug-likeness (QED) is 0.816. The van der Waals surface area contributed by atoms with E-state index in [1.807, 2.05) is 27.7 Å². The van der Waals surface area contributed by atoms with Crippen molar-refractivity contribution < 1.29 is 9.59 Å². The van der Waals surface area contributed by atoms with Crippen LogP contribution >= 0.6 is 0 Å². The fraction of sp³-hybridized carbons (Fsp3) is 0.895. The molecule has 2 unspecified atom stereocenters. The highest BCUT2D eigenvalue weighted by atomic mass is 16.1. The van der Waals surface area contributed by atoms with Crippen LogP contribution in [0.15, 0.2) is 0 Å². The van der Waals surface area contributed by atoms with Gasteiger partial charge in [-0.25, -0.2) is 0 Å². The Labute approximate surface area is 142 Å². The molecule has 0 spiro atoms. The molecule has 0 aromatic rings. The summed E-state index contributed by atoms with van der Waals surface area (Å²) >= 11 is 0. The van der Waals surface area contributed by atoms with E-state index in [1.165, 1.54) is 12.8 Å². The Balaban J connectivity index is 0.000000231. The first-order valence-corrected chi connectivity index (χ1v) is 9.24. The highest BCUT2D eigenvalue weighted by molar-refractivity contribution is 5.80. The molecular weight excluding hydrogens is 288 g/mol. The van der Waals surface area contributed by atoms with Crippen LogP contribution in [-0.4, -0.2) is 49.7 Å². The Morgan fingerprint density at radius 2 is 1.57 bits per heavy atom. The summed E-state index contributed by atoms with van der Waals surface area (Å²) in [6.45, 7) is 12.3. The number of rotatable bonds is 6. The molecule has 0 bridgehead atoms. The number of hydrogen-bond donors (Lipinski definition) is 1. The van der Waals surface area contributed by atoms with Crippen LogP contribution in [0, 0.1) is 23.7 Å². The van der Waals surface area contributed by atoms with E-state index in [-0.39, 0.29) is 11.8 Å². The van der Waals surface area contributed by atoms with Gasteiger partial charge < -0.3 is 10.2 Å². The van der Waals surface area contributed by atoms with Crippen LogP contribution in [-0.2, 0) is 9.59 Å². The summed E-state index contributed by atoms with van der Waals surface area (Å²) in [5.41, 5.74) is 0. The molecular formula is C19H36N2O2. The van der Waals surface area contributed by atoms with Crippen molar-refractivity contribution >= 4 is 11.6 Å². The molecule has 0 radical (unpaired) electrons. The third kappa shape index (κ3) is 8.07. The molecule has 2 rings (SSSR count). The van der Waals surface area contributed by atoms with Gasteiger partial charge in [0.25, 0.3) is 0 Å². The second-order valence-electron chi connectivity index (χ2n) is 7.93. The molecule has 0 aromatic carbocycles. The lowest BCUT2D eigenvalue weighted by Crippen LogP contribution is -2.17. The molecule has 2 aliphatic heterocycles. The molecule has 0 aliphatic carbocycles. The fourth-order valence-corrected chi connectivity index (χ4v) is 3.12. The van der Waals surface area contributed by atoms with Crippen molar-refractivity contribution in [3.63, 3.8) is 0 Å². The Bertz CT molecular complexity index is 374. The van der Waals surface area contributed by atoms with Crippen LogP contribution in [0.3, 0.4) is 0 Å². The lowest BCUT2D eigenvalue weighted by Gasteiger charge is -2.10. The SMILES string of the molecule is CC(C)C(=O)CC1CCN(C)C1.CC(C)C(=O)CC1CCNC1. The van der Waals surface area contributed by atoms with Crippen molar-refractivity contribution in [2.75, 3.05) is 33.2 Å². The fourth-order valence-electron chi connectivity index (χ4n) is 3.12. The van der Waals surface area contributed by atoms with Gasteiger partial charge in [-0.1, -0.05) is 27.7 Å². The molecule has 1 N–H and O–H groups in total. The number of nitrogens with one attached hydrogen (secondary N) is 1. The number of hydrogen-bond acceptors (Lipinski definition) is 4. The molecule has 2 saturated heterocycles. The summed E-state index contributed by atoms with van der Waals surface area (Å²) < 4.78 is 0. The minimum absolute atomic E-state index is 0.218. The van der Waals surface area contributed by atoms with Gasteiger partial charge in [-0.15, -0.1) is 0 Å². The van der Waals surface area contributed by atoms with Gasteiger partial charge in [0.1, 0.15) is 11.6 Å². The predicted octanol–water partition coefficient (Wildman–Crippen LogP) is 2.76. The van der Waals surface area contributed by atoms with E-state index in [2.05, 4.69) is 17.3 Å². The third-order valence-corrected chi connectivity index (χ3v) is 4.92. The summed E-state index contributed by atoms with van der Waals surface area (Å²) in [6.07, 6.45) is 3.96. The normalized spacial score (nSPS) is 24.8. The van der Waals surface area contributed by atoms with Crippen molar-refractivity contribution in [1.82, 2.24) is 10.2 Å². The summed E-state index contributed by atoms with van der Waals surface area (Å²) in [4.78, 5) is 25.0. The Morgan fingerprint density at radius 3 is 1.96 bits per heavy atom. The second-order valence-corrected chi connectivity index (χ2v) is 7.93. The first kappa shape index (κ1) is 20.3. The van der Waals surface area contributed by atoms with Gasteiger partial charge in [-0.05, 0) is 51.4 Å². The number of carbonyl (C=O) groups excluding carboxylic acids is 2. The lowest BCUT2D eigenvalue weighted by atomic mass is 9.96. The standard InChI is InChI=1S/C10H19NO.C9H17NO/c1-8(2)10(12)6-9-4-5-11(3)7-9;1-7(2)9(11)5-8-3-4-10-6-8/h8-9H,4-7H2,1-3H3;7-8,10H,3-6H2,1-2H3. The summed E-state index contributed by atoms with van der Waals surface area (Å²) in [5, 5.41) is 3.26. The van der Waals surface area contributed by atoms with E-state index in [0.29, 0.717) is 23.4 Å². The maximum Gasteiger partial charge on any atom is 0.135 e. The highest BCUT2D eigenvalue weighted by Crippen LogP contribution is 2.19. The van der Waals surface area contributed by atoms with E-state index in [9.17, 15) is 9.59 Å². The van der Waals surface area contributed by atoms with Crippen molar-refractivity contribution in [2.24, 2.45) is 23.7 Å². The van der Waals surface area contributed by atoms with Crippen molar-refractivity contribution in [1.29, 1.82) is 0 Å². The molecule has 2 fully saturated rings. The van der Waals surface area contributed by atoms with Gasteiger partial charge in [0.2, 0.25) is 0 Å². The van der Waals surface area contributed by atoms with Crippen molar-refractivity contribution in [3.05, 3.63) is 0 Å². The van der Waals surface area contributed by atoms with E-state index in [4.69, 9.17) is 0 Å². The largest absolute Gasteiger partial charge is 0.316 e. The Kier molecular flexibility index (Phi) is 9.00. The van der Waals surface area contributed by atoms with Gasteiger partial charge in [0.05, 0.1) is 0 Å². The maximum atomic E-state index is 11.4. The molecule has 23 heavy (non-hydrogen) atoms. The lowest BCUT2D eigenvalue weighted by molar-refractivity contribution is -0.123. The Morgan fingerprint density at radius 1 is 1.00 bits per heavy atom. The van der Waals surface area contributed by atoms with Crippen LogP contribution in [0.4, 0.5) is 0 Å². The van der Waals surface area contributed by atoms with E-state index < -0.39 is 0 Å². The number of ketones is 2. The van der Waals surface area contributed by atoms with Crippen molar-refractivity contribution in [2.45, 2.75) is 53.4 Å². The first-order chi connectivity index (χ1) is 10.8. The van der Waals surface area contributed by atoms with Gasteiger partial charge in [-0.2, -0.15) is 0 Å². The average Bonchev–Trinajstić information content (AvgIpc) is 3.11. The molecule has 0 aromatic heterocycles. The van der Waals surface area contributed by atoms with E-state index in [0.717, 1.165) is 39.0 Å². The van der Waals surface area contributed by atoms with Crippen LogP contribution in [0.2, 0.25) is 0 Å². The average molecular weight is 325 g/mol. The zero-order valence-electron chi connectivity index (χ0n) is 15.7. The summed E-state index contributed by atoms with van der Waals surface area (Å²) in [7, 11) is 2.12. The first-order valence-electron chi connectivity index (χ1n) is 9.24. The zero-order valence-corrected chi connectivity index (χ0v) is 15.7. The molecule has 2 aliphatic rings. The topological polar surface area (TPSA) is 49.4 Å². The Hall–Kier alpha value is -0.740. The number of carbonyl (C=O) groups is 2. The van der Waals surface area contributed by atoms with Gasteiger partial charge in [0.15, 0.2) is 0 Å². The molecule has 2 atom stereocenters. The molecule has 4 nitrogen and oxygen atoms in total. The minimum atomic E-state index is 0.218. The molecule has 2 heterocycles. The zero-order chi connectivity index (χ0) is 17.4. The summed E-state index contributed by atoms with van der Waals surface area (Å²) in [6, 6.07) is 0. The van der Waals surface area contributed by atoms with Crippen LogP contribution in [0.5, 0.6) is 0 Å². The van der Waals surface area contributed by atoms with E-state index >= 15 is 0 Å². The number of nitrogens with zero attached hydrogens (tertiary/aromatic N) is 1. The molecule has 0 saturated carbocycles. The monoisotopic (exact) mass is 324 g/mol. The third-order valence-electron chi connectivity index (χ3n) is 4.92. The van der Waals surface area contributed by atoms with Gasteiger partial charge in [0, 0.05) is 31.2 Å². The van der Waals surface area contributed by atoms with Gasteiger partial charge >= 0.3 is 0 Å². The maximum absolute atomic E-state index is 11.4. The molecule has 134 valence electrons. The second kappa shape index (κ2) is 10.2. The summed E-state index contributed by atoms with van der Waals surface area (Å²) in [5.74, 6) is 2.52. The smallest absolute Gasteiger partial charge is 0.135 e. The highest BCUT2D eigenvalue weighted by Gasteiger charge is 2.22. The van der Waals surface area contributed by atoms with Crippen LogP contribution in [0.1, 0.15) is 53.4 Å². The number of likely N-dealkylation sites (tertiary alicyclic amines) is 1. The minimum Gasteiger partial charge on any atom is -0.316 e. The van der Waals surface area contributed by atoms with Gasteiger partial charge in [-0.3, -0.25) is 9.59 Å². The van der Waals surface area contributed by atoms with Crippen LogP contribution < -0.4 is 5.32 Å². The number of Topliss-reactive ketones (excluding diaryl/α,β-unsaturated/α-hetero) is 2.